The number of aryl methyl sites for hydroxylation is 3. The number of fused-ring (bicyclic) bond motifs is 2. The van der Waals surface area contributed by atoms with Gasteiger partial charge in [-0.3, -0.25) is 0 Å². The number of rotatable bonds is 2. The van der Waals surface area contributed by atoms with Gasteiger partial charge in [-0.15, -0.1) is 5.10 Å². The Morgan fingerprint density at radius 2 is 1.69 bits per heavy atom. The molecule has 0 aromatic carbocycles. The number of piperazine rings is 1. The first kappa shape index (κ1) is 15.5. The maximum atomic E-state index is 4.78. The van der Waals surface area contributed by atoms with E-state index in [2.05, 4.69) is 25.8 Å². The van der Waals surface area contributed by atoms with E-state index in [0.29, 0.717) is 0 Å². The van der Waals surface area contributed by atoms with Crippen LogP contribution in [0, 0.1) is 13.8 Å². The summed E-state index contributed by atoms with van der Waals surface area (Å²) in [5.41, 5.74) is 4.53. The number of hydrogen-bond donors (Lipinski definition) is 0. The van der Waals surface area contributed by atoms with E-state index in [1.165, 1.54) is 23.5 Å². The lowest BCUT2D eigenvalue weighted by atomic mass is 10.2. The van der Waals surface area contributed by atoms with Crippen LogP contribution >= 0.6 is 0 Å². The minimum absolute atomic E-state index is 0.894. The van der Waals surface area contributed by atoms with E-state index in [4.69, 9.17) is 10.1 Å². The fraction of sp³-hybridized carbons (Fsp3) is 0.474. The van der Waals surface area contributed by atoms with Gasteiger partial charge in [0.2, 0.25) is 0 Å². The largest absolute Gasteiger partial charge is 0.353 e. The van der Waals surface area contributed by atoms with E-state index in [1.54, 1.807) is 0 Å². The zero-order chi connectivity index (χ0) is 17.7. The summed E-state index contributed by atoms with van der Waals surface area (Å²) in [5, 5.41) is 4.73. The predicted molar refractivity (Wildman–Crippen MR) is 101 cm³/mol. The smallest absolute Gasteiger partial charge is 0.153 e. The van der Waals surface area contributed by atoms with Crippen molar-refractivity contribution in [2.45, 2.75) is 33.1 Å². The van der Waals surface area contributed by atoms with Crippen molar-refractivity contribution in [3.05, 3.63) is 41.1 Å². The zero-order valence-electron chi connectivity index (χ0n) is 15.3. The molecule has 5 rings (SSSR count). The molecule has 1 aliphatic carbocycles. The highest BCUT2D eigenvalue weighted by Gasteiger charge is 2.25. The molecule has 0 atom stereocenters. The third-order valence-electron chi connectivity index (χ3n) is 5.35. The second-order valence-corrected chi connectivity index (χ2v) is 7.22. The highest BCUT2D eigenvalue weighted by molar-refractivity contribution is 5.53. The van der Waals surface area contributed by atoms with E-state index < -0.39 is 0 Å². The molecule has 0 bridgehead atoms. The Labute approximate surface area is 152 Å². The van der Waals surface area contributed by atoms with Gasteiger partial charge in [-0.2, -0.15) is 0 Å². The highest BCUT2D eigenvalue weighted by Crippen LogP contribution is 2.29. The summed E-state index contributed by atoms with van der Waals surface area (Å²) >= 11 is 0. The van der Waals surface area contributed by atoms with Crippen LogP contribution < -0.4 is 9.80 Å². The molecule has 2 aliphatic rings. The molecule has 1 fully saturated rings. The maximum Gasteiger partial charge on any atom is 0.153 e. The number of nitrogens with zero attached hydrogens (tertiary/aromatic N) is 7. The van der Waals surface area contributed by atoms with Crippen LogP contribution in [0.2, 0.25) is 0 Å². The van der Waals surface area contributed by atoms with Crippen molar-refractivity contribution in [3.63, 3.8) is 0 Å². The maximum absolute atomic E-state index is 4.78. The lowest BCUT2D eigenvalue weighted by Crippen LogP contribution is -2.47. The van der Waals surface area contributed by atoms with Gasteiger partial charge < -0.3 is 9.80 Å². The lowest BCUT2D eigenvalue weighted by molar-refractivity contribution is 0.632. The van der Waals surface area contributed by atoms with Crippen molar-refractivity contribution in [1.29, 1.82) is 0 Å². The molecule has 1 saturated heterocycles. The molecule has 4 heterocycles. The van der Waals surface area contributed by atoms with Crippen LogP contribution in [0.3, 0.4) is 0 Å². The molecule has 7 heteroatoms. The number of imidazole rings is 1. The molecule has 0 saturated carbocycles. The van der Waals surface area contributed by atoms with Crippen molar-refractivity contribution in [2.75, 3.05) is 36.0 Å². The van der Waals surface area contributed by atoms with Crippen molar-refractivity contribution < 1.29 is 0 Å². The predicted octanol–water partition coefficient (Wildman–Crippen LogP) is 1.95. The Kier molecular flexibility index (Phi) is 3.55. The molecule has 0 N–H and O–H groups in total. The Morgan fingerprint density at radius 3 is 2.54 bits per heavy atom. The van der Waals surface area contributed by atoms with Gasteiger partial charge in [0.1, 0.15) is 17.5 Å². The van der Waals surface area contributed by atoms with Crippen LogP contribution in [0.15, 0.2) is 18.3 Å². The standard InChI is InChI=1S/C19H23N7/c1-13-12-26-17(20-13)6-7-18(23-26)24-8-10-25(11-9-24)19-15-4-3-5-16(15)21-14(2)22-19/h6-7,12H,3-5,8-11H2,1-2H3. The third-order valence-corrected chi connectivity index (χ3v) is 5.35. The van der Waals surface area contributed by atoms with E-state index in [1.807, 2.05) is 30.6 Å². The summed E-state index contributed by atoms with van der Waals surface area (Å²) in [5.74, 6) is 3.07. The van der Waals surface area contributed by atoms with Gasteiger partial charge in [-0.05, 0) is 45.2 Å². The van der Waals surface area contributed by atoms with Gasteiger partial charge in [0.05, 0.1) is 11.9 Å². The van der Waals surface area contributed by atoms with Crippen molar-refractivity contribution in [3.8, 4) is 0 Å². The van der Waals surface area contributed by atoms with Crippen LogP contribution in [-0.2, 0) is 12.8 Å². The van der Waals surface area contributed by atoms with E-state index >= 15 is 0 Å². The van der Waals surface area contributed by atoms with Gasteiger partial charge in [0.25, 0.3) is 0 Å². The summed E-state index contributed by atoms with van der Waals surface area (Å²) < 4.78 is 1.87. The second-order valence-electron chi connectivity index (χ2n) is 7.22. The molecule has 0 spiro atoms. The molecule has 1 aliphatic heterocycles. The summed E-state index contributed by atoms with van der Waals surface area (Å²) in [4.78, 5) is 18.6. The molecule has 0 unspecified atom stereocenters. The molecule has 134 valence electrons. The van der Waals surface area contributed by atoms with E-state index in [-0.39, 0.29) is 0 Å². The monoisotopic (exact) mass is 349 g/mol. The summed E-state index contributed by atoms with van der Waals surface area (Å²) in [6.07, 6.45) is 5.39. The minimum Gasteiger partial charge on any atom is -0.353 e. The second kappa shape index (κ2) is 5.93. The van der Waals surface area contributed by atoms with Gasteiger partial charge >= 0.3 is 0 Å². The van der Waals surface area contributed by atoms with Gasteiger partial charge in [0.15, 0.2) is 5.65 Å². The molecule has 26 heavy (non-hydrogen) atoms. The number of anilines is 2. The molecule has 0 amide bonds. The van der Waals surface area contributed by atoms with Crippen molar-refractivity contribution in [1.82, 2.24) is 24.6 Å². The first-order valence-electron chi connectivity index (χ1n) is 9.37. The van der Waals surface area contributed by atoms with Crippen LogP contribution in [0.5, 0.6) is 0 Å². The highest BCUT2D eigenvalue weighted by atomic mass is 15.4. The SMILES string of the molecule is Cc1cn2nc(N3CCN(c4nc(C)nc5c4CCC5)CC3)ccc2n1. The molecule has 7 nitrogen and oxygen atoms in total. The summed E-state index contributed by atoms with van der Waals surface area (Å²) in [6.45, 7) is 7.82. The van der Waals surface area contributed by atoms with Gasteiger partial charge in [-0.1, -0.05) is 0 Å². The van der Waals surface area contributed by atoms with Crippen LogP contribution in [0.25, 0.3) is 5.65 Å². The topological polar surface area (TPSA) is 62.5 Å². The molecular formula is C19H23N7. The molecule has 0 radical (unpaired) electrons. The minimum atomic E-state index is 0.894. The van der Waals surface area contributed by atoms with E-state index in [9.17, 15) is 0 Å². The fourth-order valence-electron chi connectivity index (χ4n) is 4.10. The third kappa shape index (κ3) is 2.58. The number of hydrogen-bond acceptors (Lipinski definition) is 6. The van der Waals surface area contributed by atoms with Gasteiger partial charge in [-0.25, -0.2) is 19.5 Å². The summed E-state index contributed by atoms with van der Waals surface area (Å²) in [6, 6.07) is 4.12. The normalized spacial score (nSPS) is 17.2. The van der Waals surface area contributed by atoms with Crippen LogP contribution in [0.4, 0.5) is 11.6 Å². The zero-order valence-corrected chi connectivity index (χ0v) is 15.3. The first-order chi connectivity index (χ1) is 12.7. The average molecular weight is 349 g/mol. The quantitative estimate of drug-likeness (QED) is 0.705. The Balaban J connectivity index is 1.36. The summed E-state index contributed by atoms with van der Waals surface area (Å²) in [7, 11) is 0. The van der Waals surface area contributed by atoms with Crippen molar-refractivity contribution in [2.24, 2.45) is 0 Å². The molecule has 3 aromatic rings. The van der Waals surface area contributed by atoms with Crippen molar-refractivity contribution >= 4 is 17.3 Å². The van der Waals surface area contributed by atoms with Gasteiger partial charge in [0, 0.05) is 37.4 Å². The molecule has 3 aromatic heterocycles. The molecular weight excluding hydrogens is 326 g/mol. The Bertz CT molecular complexity index is 969. The Hall–Kier alpha value is -2.70. The fourth-order valence-corrected chi connectivity index (χ4v) is 4.10. The van der Waals surface area contributed by atoms with Crippen LogP contribution in [0.1, 0.15) is 29.2 Å². The lowest BCUT2D eigenvalue weighted by Gasteiger charge is -2.36. The van der Waals surface area contributed by atoms with Crippen LogP contribution in [-0.4, -0.2) is 50.7 Å². The number of aromatic nitrogens is 5. The Morgan fingerprint density at radius 1 is 0.885 bits per heavy atom. The average Bonchev–Trinajstić information content (AvgIpc) is 3.25. The van der Waals surface area contributed by atoms with E-state index in [0.717, 1.165) is 62.0 Å². The first-order valence-corrected chi connectivity index (χ1v) is 9.37.